The van der Waals surface area contributed by atoms with Crippen molar-refractivity contribution < 1.29 is 14.2 Å². The van der Waals surface area contributed by atoms with E-state index in [1.165, 1.54) is 12.0 Å². The molecule has 1 aromatic carbocycles. The van der Waals surface area contributed by atoms with Crippen LogP contribution in [0.25, 0.3) is 0 Å². The summed E-state index contributed by atoms with van der Waals surface area (Å²) in [6.45, 7) is 3.85. The SMILES string of the molecule is CC12CC[C@H](Cc3ccccc3)O[C@H]1CC1(CC2)OCCO1. The molecule has 3 heteroatoms. The van der Waals surface area contributed by atoms with E-state index in [2.05, 4.69) is 37.3 Å². The highest BCUT2D eigenvalue weighted by Crippen LogP contribution is 2.51. The van der Waals surface area contributed by atoms with Crippen molar-refractivity contribution in [3.05, 3.63) is 35.9 Å². The van der Waals surface area contributed by atoms with Gasteiger partial charge >= 0.3 is 0 Å². The van der Waals surface area contributed by atoms with E-state index in [0.29, 0.717) is 11.5 Å². The van der Waals surface area contributed by atoms with Gasteiger partial charge < -0.3 is 14.2 Å². The Morgan fingerprint density at radius 1 is 1.05 bits per heavy atom. The molecule has 2 aliphatic heterocycles. The molecule has 2 heterocycles. The van der Waals surface area contributed by atoms with Crippen LogP contribution in [0.2, 0.25) is 0 Å². The summed E-state index contributed by atoms with van der Waals surface area (Å²) in [4.78, 5) is 0. The van der Waals surface area contributed by atoms with Crippen molar-refractivity contribution in [1.29, 1.82) is 0 Å². The van der Waals surface area contributed by atoms with Gasteiger partial charge in [-0.3, -0.25) is 0 Å². The summed E-state index contributed by atoms with van der Waals surface area (Å²) < 4.78 is 18.4. The van der Waals surface area contributed by atoms with Crippen LogP contribution in [0.5, 0.6) is 0 Å². The predicted octanol–water partition coefficient (Wildman–Crippen LogP) is 3.71. The van der Waals surface area contributed by atoms with Crippen molar-refractivity contribution in [2.75, 3.05) is 13.2 Å². The number of fused-ring (bicyclic) bond motifs is 1. The van der Waals surface area contributed by atoms with Crippen molar-refractivity contribution >= 4 is 0 Å². The van der Waals surface area contributed by atoms with Gasteiger partial charge in [0.25, 0.3) is 0 Å². The Morgan fingerprint density at radius 2 is 1.82 bits per heavy atom. The minimum atomic E-state index is -0.348. The third-order valence-corrected chi connectivity index (χ3v) is 5.86. The maximum Gasteiger partial charge on any atom is 0.171 e. The number of ether oxygens (including phenoxy) is 3. The highest BCUT2D eigenvalue weighted by molar-refractivity contribution is 5.16. The second kappa shape index (κ2) is 5.63. The van der Waals surface area contributed by atoms with Crippen LogP contribution in [-0.4, -0.2) is 31.2 Å². The number of hydrogen-bond donors (Lipinski definition) is 0. The van der Waals surface area contributed by atoms with Crippen LogP contribution in [0, 0.1) is 5.41 Å². The maximum absolute atomic E-state index is 6.52. The second-order valence-electron chi connectivity index (χ2n) is 7.44. The molecule has 0 amide bonds. The monoisotopic (exact) mass is 302 g/mol. The van der Waals surface area contributed by atoms with Crippen LogP contribution in [0.3, 0.4) is 0 Å². The second-order valence-corrected chi connectivity index (χ2v) is 7.44. The molecule has 3 fully saturated rings. The zero-order valence-corrected chi connectivity index (χ0v) is 13.4. The average Bonchev–Trinajstić information content (AvgIpc) is 2.98. The molecule has 3 nitrogen and oxygen atoms in total. The van der Waals surface area contributed by atoms with E-state index in [-0.39, 0.29) is 11.9 Å². The summed E-state index contributed by atoms with van der Waals surface area (Å²) in [7, 11) is 0. The molecule has 0 N–H and O–H groups in total. The Kier molecular flexibility index (Phi) is 3.75. The van der Waals surface area contributed by atoms with Crippen molar-refractivity contribution in [3.8, 4) is 0 Å². The molecule has 2 saturated heterocycles. The molecular weight excluding hydrogens is 276 g/mol. The van der Waals surface area contributed by atoms with Gasteiger partial charge in [0.2, 0.25) is 0 Å². The van der Waals surface area contributed by atoms with E-state index in [1.807, 2.05) is 0 Å². The average molecular weight is 302 g/mol. The first-order valence-corrected chi connectivity index (χ1v) is 8.65. The Labute approximate surface area is 132 Å². The van der Waals surface area contributed by atoms with Crippen LogP contribution >= 0.6 is 0 Å². The van der Waals surface area contributed by atoms with Crippen LogP contribution in [0.4, 0.5) is 0 Å². The fraction of sp³-hybridized carbons (Fsp3) is 0.684. The number of hydrogen-bond acceptors (Lipinski definition) is 3. The number of rotatable bonds is 2. The van der Waals surface area contributed by atoms with Crippen molar-refractivity contribution in [1.82, 2.24) is 0 Å². The molecule has 1 saturated carbocycles. The predicted molar refractivity (Wildman–Crippen MR) is 84.6 cm³/mol. The lowest BCUT2D eigenvalue weighted by molar-refractivity contribution is -0.248. The first-order chi connectivity index (χ1) is 10.7. The minimum absolute atomic E-state index is 0.266. The molecule has 22 heavy (non-hydrogen) atoms. The van der Waals surface area contributed by atoms with Gasteiger partial charge in [-0.15, -0.1) is 0 Å². The van der Waals surface area contributed by atoms with Gasteiger partial charge in [-0.1, -0.05) is 37.3 Å². The summed E-state index contributed by atoms with van der Waals surface area (Å²) in [5.74, 6) is -0.348. The lowest BCUT2D eigenvalue weighted by atomic mass is 9.66. The molecule has 1 unspecified atom stereocenters. The maximum atomic E-state index is 6.52. The normalized spacial score (nSPS) is 37.1. The molecule has 0 aromatic heterocycles. The smallest absolute Gasteiger partial charge is 0.171 e. The van der Waals surface area contributed by atoms with Crippen molar-refractivity contribution in [2.45, 2.75) is 63.4 Å². The summed E-state index contributed by atoms with van der Waals surface area (Å²) in [5, 5.41) is 0. The van der Waals surface area contributed by atoms with Gasteiger partial charge in [-0.25, -0.2) is 0 Å². The van der Waals surface area contributed by atoms with E-state index in [1.54, 1.807) is 0 Å². The Balaban J connectivity index is 1.45. The van der Waals surface area contributed by atoms with Crippen molar-refractivity contribution in [2.24, 2.45) is 5.41 Å². The zero-order chi connectivity index (χ0) is 15.0. The van der Waals surface area contributed by atoms with Crippen LogP contribution in [0.1, 0.15) is 44.6 Å². The summed E-state index contributed by atoms with van der Waals surface area (Å²) in [6.07, 6.45) is 7.10. The first kappa shape index (κ1) is 14.7. The fourth-order valence-corrected chi connectivity index (χ4v) is 4.34. The lowest BCUT2D eigenvalue weighted by Gasteiger charge is -2.51. The zero-order valence-electron chi connectivity index (χ0n) is 13.4. The van der Waals surface area contributed by atoms with Crippen LogP contribution < -0.4 is 0 Å². The quantitative estimate of drug-likeness (QED) is 0.833. The minimum Gasteiger partial charge on any atom is -0.374 e. The molecule has 1 aromatic rings. The first-order valence-electron chi connectivity index (χ1n) is 8.65. The van der Waals surface area contributed by atoms with Crippen LogP contribution in [0.15, 0.2) is 30.3 Å². The molecule has 0 bridgehead atoms. The van der Waals surface area contributed by atoms with Gasteiger partial charge in [0, 0.05) is 12.8 Å². The van der Waals surface area contributed by atoms with Gasteiger partial charge in [0.1, 0.15) is 0 Å². The van der Waals surface area contributed by atoms with Crippen LogP contribution in [-0.2, 0) is 20.6 Å². The van der Waals surface area contributed by atoms with E-state index < -0.39 is 0 Å². The molecule has 0 radical (unpaired) electrons. The van der Waals surface area contributed by atoms with E-state index in [9.17, 15) is 0 Å². The third kappa shape index (κ3) is 2.70. The van der Waals surface area contributed by atoms with Gasteiger partial charge in [0.05, 0.1) is 25.4 Å². The molecule has 120 valence electrons. The number of benzene rings is 1. The Hall–Kier alpha value is -0.900. The summed E-state index contributed by atoms with van der Waals surface area (Å²) >= 11 is 0. The highest BCUT2D eigenvalue weighted by atomic mass is 16.7. The van der Waals surface area contributed by atoms with Gasteiger partial charge in [-0.2, -0.15) is 0 Å². The van der Waals surface area contributed by atoms with Gasteiger partial charge in [0.15, 0.2) is 5.79 Å². The molecule has 1 aliphatic carbocycles. The summed E-state index contributed by atoms with van der Waals surface area (Å²) in [6, 6.07) is 10.7. The highest BCUT2D eigenvalue weighted by Gasteiger charge is 2.52. The Bertz CT molecular complexity index is 509. The van der Waals surface area contributed by atoms with E-state index in [4.69, 9.17) is 14.2 Å². The van der Waals surface area contributed by atoms with Crippen molar-refractivity contribution in [3.63, 3.8) is 0 Å². The Morgan fingerprint density at radius 3 is 2.59 bits per heavy atom. The molecular formula is C19H26O3. The van der Waals surface area contributed by atoms with E-state index >= 15 is 0 Å². The lowest BCUT2D eigenvalue weighted by Crippen LogP contribution is -2.53. The van der Waals surface area contributed by atoms with Gasteiger partial charge in [-0.05, 0) is 36.7 Å². The summed E-state index contributed by atoms with van der Waals surface area (Å²) in [5.41, 5.74) is 1.67. The molecule has 4 rings (SSSR count). The molecule has 3 aliphatic rings. The standard InChI is InChI=1S/C19H26O3/c1-18-8-7-16(13-15-5-3-2-4-6-15)22-17(18)14-19(10-9-18)20-11-12-21-19/h2-6,16-17H,7-14H2,1H3/t16-,17+,18?/m1/s1. The fourth-order valence-electron chi connectivity index (χ4n) is 4.34. The third-order valence-electron chi connectivity index (χ3n) is 5.86. The molecule has 3 atom stereocenters. The largest absolute Gasteiger partial charge is 0.374 e. The molecule has 1 spiro atoms. The topological polar surface area (TPSA) is 27.7 Å². The van der Waals surface area contributed by atoms with E-state index in [0.717, 1.165) is 45.3 Å².